The zero-order chi connectivity index (χ0) is 9.26. The molecule has 0 aliphatic carbocycles. The zero-order valence-electron chi connectivity index (χ0n) is 8.03. The number of ether oxygens (including phenoxy) is 1. The van der Waals surface area contributed by atoms with E-state index in [1.807, 2.05) is 4.90 Å². The molecule has 2 fully saturated rings. The van der Waals surface area contributed by atoms with Gasteiger partial charge in [-0.3, -0.25) is 9.69 Å². The number of piperazine rings is 1. The molecule has 1 atom stereocenters. The van der Waals surface area contributed by atoms with Gasteiger partial charge in [0.1, 0.15) is 6.61 Å². The van der Waals surface area contributed by atoms with Gasteiger partial charge in [-0.05, 0) is 6.54 Å². The molecule has 0 saturated carbocycles. The first-order valence-electron chi connectivity index (χ1n) is 4.91. The molecule has 4 heteroatoms. The van der Waals surface area contributed by atoms with Crippen LogP contribution in [0.15, 0.2) is 0 Å². The third kappa shape index (κ3) is 1.69. The molecule has 0 aromatic carbocycles. The second kappa shape index (κ2) is 3.64. The van der Waals surface area contributed by atoms with Gasteiger partial charge in [-0.2, -0.15) is 0 Å². The van der Waals surface area contributed by atoms with E-state index in [4.69, 9.17) is 4.74 Å². The van der Waals surface area contributed by atoms with Crippen molar-refractivity contribution in [1.29, 1.82) is 0 Å². The SMILES string of the molecule is CCN1CCN2C(=O)COCC2C1. The lowest BCUT2D eigenvalue weighted by Crippen LogP contribution is -2.60. The summed E-state index contributed by atoms with van der Waals surface area (Å²) in [5.41, 5.74) is 0. The Morgan fingerprint density at radius 3 is 3.15 bits per heavy atom. The number of morpholine rings is 1. The average Bonchev–Trinajstić information content (AvgIpc) is 2.18. The van der Waals surface area contributed by atoms with Crippen molar-refractivity contribution in [3.05, 3.63) is 0 Å². The van der Waals surface area contributed by atoms with Crippen molar-refractivity contribution in [1.82, 2.24) is 9.80 Å². The van der Waals surface area contributed by atoms with Gasteiger partial charge in [-0.25, -0.2) is 0 Å². The largest absolute Gasteiger partial charge is 0.369 e. The Kier molecular flexibility index (Phi) is 2.51. The number of hydrogen-bond donors (Lipinski definition) is 0. The van der Waals surface area contributed by atoms with Crippen LogP contribution in [0, 0.1) is 0 Å². The van der Waals surface area contributed by atoms with E-state index in [9.17, 15) is 4.79 Å². The van der Waals surface area contributed by atoms with Crippen molar-refractivity contribution >= 4 is 5.91 Å². The van der Waals surface area contributed by atoms with Crippen LogP contribution in [0.2, 0.25) is 0 Å². The van der Waals surface area contributed by atoms with E-state index in [2.05, 4.69) is 11.8 Å². The Labute approximate surface area is 78.4 Å². The Balaban J connectivity index is 1.99. The maximum atomic E-state index is 11.4. The highest BCUT2D eigenvalue weighted by molar-refractivity contribution is 5.78. The van der Waals surface area contributed by atoms with Crippen LogP contribution in [0.1, 0.15) is 6.92 Å². The molecule has 0 aromatic heterocycles. The minimum atomic E-state index is 0.159. The molecule has 1 amide bonds. The molecule has 0 bridgehead atoms. The van der Waals surface area contributed by atoms with Gasteiger partial charge in [0.2, 0.25) is 5.91 Å². The van der Waals surface area contributed by atoms with E-state index in [0.29, 0.717) is 12.6 Å². The van der Waals surface area contributed by atoms with Crippen LogP contribution >= 0.6 is 0 Å². The number of nitrogens with zero attached hydrogens (tertiary/aromatic N) is 2. The number of carbonyl (C=O) groups excluding carboxylic acids is 1. The van der Waals surface area contributed by atoms with Crippen LogP contribution < -0.4 is 0 Å². The van der Waals surface area contributed by atoms with Crippen molar-refractivity contribution in [2.24, 2.45) is 0 Å². The van der Waals surface area contributed by atoms with Crippen molar-refractivity contribution in [2.45, 2.75) is 13.0 Å². The maximum absolute atomic E-state index is 11.4. The van der Waals surface area contributed by atoms with Crippen molar-refractivity contribution in [2.75, 3.05) is 39.4 Å². The topological polar surface area (TPSA) is 32.8 Å². The highest BCUT2D eigenvalue weighted by atomic mass is 16.5. The average molecular weight is 184 g/mol. The Hall–Kier alpha value is -0.610. The fourth-order valence-corrected chi connectivity index (χ4v) is 2.04. The molecule has 2 aliphatic heterocycles. The molecule has 1 unspecified atom stereocenters. The summed E-state index contributed by atoms with van der Waals surface area (Å²) in [6.07, 6.45) is 0. The molecule has 0 aromatic rings. The number of amides is 1. The third-order valence-corrected chi connectivity index (χ3v) is 2.87. The van der Waals surface area contributed by atoms with E-state index in [-0.39, 0.29) is 12.5 Å². The summed E-state index contributed by atoms with van der Waals surface area (Å²) in [4.78, 5) is 15.7. The van der Waals surface area contributed by atoms with Gasteiger partial charge in [-0.1, -0.05) is 6.92 Å². The summed E-state index contributed by atoms with van der Waals surface area (Å²) in [7, 11) is 0. The molecule has 0 radical (unpaired) electrons. The van der Waals surface area contributed by atoms with Crippen LogP contribution in [0.25, 0.3) is 0 Å². The quantitative estimate of drug-likeness (QED) is 0.553. The first-order chi connectivity index (χ1) is 6.31. The molecule has 2 saturated heterocycles. The summed E-state index contributed by atoms with van der Waals surface area (Å²) in [6, 6.07) is 0.301. The second-order valence-electron chi connectivity index (χ2n) is 3.65. The Morgan fingerprint density at radius 1 is 1.54 bits per heavy atom. The minimum absolute atomic E-state index is 0.159. The van der Waals surface area contributed by atoms with Crippen molar-refractivity contribution in [3.8, 4) is 0 Å². The number of likely N-dealkylation sites (N-methyl/N-ethyl adjacent to an activating group) is 1. The predicted octanol–water partition coefficient (Wildman–Crippen LogP) is -0.451. The lowest BCUT2D eigenvalue weighted by atomic mass is 10.1. The van der Waals surface area contributed by atoms with Crippen LogP contribution in [0.3, 0.4) is 0 Å². The molecule has 2 heterocycles. The third-order valence-electron chi connectivity index (χ3n) is 2.87. The fraction of sp³-hybridized carbons (Fsp3) is 0.889. The van der Waals surface area contributed by atoms with Crippen molar-refractivity contribution in [3.63, 3.8) is 0 Å². The summed E-state index contributed by atoms with van der Waals surface area (Å²) >= 11 is 0. The van der Waals surface area contributed by atoms with E-state index in [1.165, 1.54) is 0 Å². The number of fused-ring (bicyclic) bond motifs is 1. The molecule has 2 rings (SSSR count). The van der Waals surface area contributed by atoms with Gasteiger partial charge in [0.05, 0.1) is 12.6 Å². The van der Waals surface area contributed by atoms with Crippen molar-refractivity contribution < 1.29 is 9.53 Å². The molecule has 4 nitrogen and oxygen atoms in total. The zero-order valence-corrected chi connectivity index (χ0v) is 8.03. The molecular weight excluding hydrogens is 168 g/mol. The van der Waals surface area contributed by atoms with E-state index < -0.39 is 0 Å². The van der Waals surface area contributed by atoms with Gasteiger partial charge < -0.3 is 9.64 Å². The van der Waals surface area contributed by atoms with Crippen LogP contribution in [0.4, 0.5) is 0 Å². The molecule has 0 N–H and O–H groups in total. The van der Waals surface area contributed by atoms with Crippen LogP contribution in [-0.2, 0) is 9.53 Å². The molecular formula is C9H16N2O2. The minimum Gasteiger partial charge on any atom is -0.369 e. The predicted molar refractivity (Wildman–Crippen MR) is 48.4 cm³/mol. The van der Waals surface area contributed by atoms with E-state index in [0.717, 1.165) is 26.2 Å². The maximum Gasteiger partial charge on any atom is 0.248 e. The lowest BCUT2D eigenvalue weighted by molar-refractivity contribution is -0.152. The standard InChI is InChI=1S/C9H16N2O2/c1-2-10-3-4-11-8(5-10)6-13-7-9(11)12/h8H,2-7H2,1H3. The fourth-order valence-electron chi connectivity index (χ4n) is 2.04. The Bertz CT molecular complexity index is 208. The molecule has 2 aliphatic rings. The highest BCUT2D eigenvalue weighted by Crippen LogP contribution is 2.14. The number of carbonyl (C=O) groups is 1. The van der Waals surface area contributed by atoms with Crippen LogP contribution in [-0.4, -0.2) is 61.1 Å². The summed E-state index contributed by atoms with van der Waals surface area (Å²) < 4.78 is 5.23. The first-order valence-corrected chi connectivity index (χ1v) is 4.91. The van der Waals surface area contributed by atoms with Gasteiger partial charge in [0, 0.05) is 19.6 Å². The number of rotatable bonds is 1. The smallest absolute Gasteiger partial charge is 0.248 e. The van der Waals surface area contributed by atoms with E-state index in [1.54, 1.807) is 0 Å². The van der Waals surface area contributed by atoms with Gasteiger partial charge in [0.25, 0.3) is 0 Å². The second-order valence-corrected chi connectivity index (χ2v) is 3.65. The van der Waals surface area contributed by atoms with Crippen LogP contribution in [0.5, 0.6) is 0 Å². The lowest BCUT2D eigenvalue weighted by Gasteiger charge is -2.43. The molecule has 13 heavy (non-hydrogen) atoms. The monoisotopic (exact) mass is 184 g/mol. The first kappa shape index (κ1) is 8.97. The van der Waals surface area contributed by atoms with Gasteiger partial charge in [0.15, 0.2) is 0 Å². The van der Waals surface area contributed by atoms with E-state index >= 15 is 0 Å². The normalized spacial score (nSPS) is 30.4. The highest BCUT2D eigenvalue weighted by Gasteiger charge is 2.32. The van der Waals surface area contributed by atoms with Gasteiger partial charge >= 0.3 is 0 Å². The molecule has 74 valence electrons. The number of hydrogen-bond acceptors (Lipinski definition) is 3. The summed E-state index contributed by atoms with van der Waals surface area (Å²) in [5.74, 6) is 0.159. The Morgan fingerprint density at radius 2 is 2.38 bits per heavy atom. The summed E-state index contributed by atoms with van der Waals surface area (Å²) in [5, 5.41) is 0. The summed E-state index contributed by atoms with van der Waals surface area (Å²) in [6.45, 7) is 7.08. The molecule has 0 spiro atoms. The van der Waals surface area contributed by atoms with Gasteiger partial charge in [-0.15, -0.1) is 0 Å².